The van der Waals surface area contributed by atoms with Gasteiger partial charge in [0, 0.05) is 9.92 Å². The van der Waals surface area contributed by atoms with E-state index in [1.54, 1.807) is 18.2 Å². The number of anilines is 1. The maximum atomic E-state index is 12.1. The van der Waals surface area contributed by atoms with Crippen molar-refractivity contribution in [1.82, 2.24) is 0 Å². The molecule has 0 saturated heterocycles. The van der Waals surface area contributed by atoms with Crippen molar-refractivity contribution in [2.45, 2.75) is 4.90 Å². The van der Waals surface area contributed by atoms with Crippen LogP contribution in [0.1, 0.15) is 5.56 Å². The number of hydrogen-bond donors (Lipinski definition) is 1. The minimum atomic E-state index is -0.174. The second-order valence-electron chi connectivity index (χ2n) is 5.15. The number of thioether (sulfide) groups is 1. The van der Waals surface area contributed by atoms with Crippen LogP contribution in [0.25, 0.3) is 10.8 Å². The van der Waals surface area contributed by atoms with Gasteiger partial charge in [0.2, 0.25) is 5.91 Å². The summed E-state index contributed by atoms with van der Waals surface area (Å²) < 4.78 is 0. The fourth-order valence-electron chi connectivity index (χ4n) is 2.31. The van der Waals surface area contributed by atoms with Gasteiger partial charge in [-0.1, -0.05) is 41.9 Å². The summed E-state index contributed by atoms with van der Waals surface area (Å²) in [6.45, 7) is 0. The molecule has 0 aliphatic carbocycles. The molecule has 0 atom stereocenters. The van der Waals surface area contributed by atoms with Crippen LogP contribution in [-0.2, 0) is 4.79 Å². The van der Waals surface area contributed by atoms with E-state index in [1.807, 2.05) is 36.4 Å². The number of nitrogens with one attached hydrogen (secondary N) is 1. The molecule has 0 spiro atoms. The SMILES string of the molecule is N#Cc1ccc(Cl)cc1NC(=O)CSc1ccc2ccccc2c1. The van der Waals surface area contributed by atoms with Crippen LogP contribution in [0.5, 0.6) is 0 Å². The fourth-order valence-corrected chi connectivity index (χ4v) is 3.23. The van der Waals surface area contributed by atoms with Crippen LogP contribution in [0.3, 0.4) is 0 Å². The first-order valence-corrected chi connectivity index (χ1v) is 8.63. The summed E-state index contributed by atoms with van der Waals surface area (Å²) in [7, 11) is 0. The molecular formula is C19H13ClN2OS. The molecule has 1 amide bonds. The zero-order valence-corrected chi connectivity index (χ0v) is 14.2. The third-order valence-electron chi connectivity index (χ3n) is 3.47. The van der Waals surface area contributed by atoms with Gasteiger partial charge >= 0.3 is 0 Å². The van der Waals surface area contributed by atoms with Gasteiger partial charge in [0.1, 0.15) is 6.07 Å². The van der Waals surface area contributed by atoms with Crippen LogP contribution in [-0.4, -0.2) is 11.7 Å². The van der Waals surface area contributed by atoms with Gasteiger partial charge in [-0.25, -0.2) is 0 Å². The highest BCUT2D eigenvalue weighted by molar-refractivity contribution is 8.00. The predicted molar refractivity (Wildman–Crippen MR) is 99.5 cm³/mol. The normalized spacial score (nSPS) is 10.3. The van der Waals surface area contributed by atoms with E-state index < -0.39 is 0 Å². The number of carbonyl (C=O) groups excluding carboxylic acids is 1. The van der Waals surface area contributed by atoms with Crippen LogP contribution in [0, 0.1) is 11.3 Å². The molecule has 1 N–H and O–H groups in total. The van der Waals surface area contributed by atoms with Gasteiger partial charge in [0.25, 0.3) is 0 Å². The van der Waals surface area contributed by atoms with Gasteiger partial charge in [-0.05, 0) is 41.1 Å². The first kappa shape index (κ1) is 16.4. The summed E-state index contributed by atoms with van der Waals surface area (Å²) in [6, 6.07) is 21.0. The van der Waals surface area contributed by atoms with E-state index in [4.69, 9.17) is 16.9 Å². The van der Waals surface area contributed by atoms with Crippen molar-refractivity contribution in [2.24, 2.45) is 0 Å². The molecule has 3 nitrogen and oxygen atoms in total. The van der Waals surface area contributed by atoms with Crippen LogP contribution < -0.4 is 5.32 Å². The molecule has 0 unspecified atom stereocenters. The number of carbonyl (C=O) groups is 1. The average molecular weight is 353 g/mol. The highest BCUT2D eigenvalue weighted by Gasteiger charge is 2.08. The van der Waals surface area contributed by atoms with Crippen LogP contribution in [0.2, 0.25) is 5.02 Å². The van der Waals surface area contributed by atoms with Crippen molar-refractivity contribution >= 4 is 45.7 Å². The minimum Gasteiger partial charge on any atom is -0.324 e. The lowest BCUT2D eigenvalue weighted by Gasteiger charge is -2.08. The molecule has 118 valence electrons. The van der Waals surface area contributed by atoms with E-state index in [-0.39, 0.29) is 11.7 Å². The van der Waals surface area contributed by atoms with E-state index in [0.717, 1.165) is 10.3 Å². The first-order chi connectivity index (χ1) is 11.7. The molecule has 0 aromatic heterocycles. The number of halogens is 1. The first-order valence-electron chi connectivity index (χ1n) is 7.27. The second-order valence-corrected chi connectivity index (χ2v) is 6.63. The van der Waals surface area contributed by atoms with E-state index in [2.05, 4.69) is 17.4 Å². The van der Waals surface area contributed by atoms with Crippen molar-refractivity contribution in [3.8, 4) is 6.07 Å². The topological polar surface area (TPSA) is 52.9 Å². The molecule has 0 radical (unpaired) electrons. The number of fused-ring (bicyclic) bond motifs is 1. The maximum absolute atomic E-state index is 12.1. The zero-order chi connectivity index (χ0) is 16.9. The smallest absolute Gasteiger partial charge is 0.234 e. The Kier molecular flexibility index (Phi) is 5.05. The second kappa shape index (κ2) is 7.39. The summed E-state index contributed by atoms with van der Waals surface area (Å²) in [6.07, 6.45) is 0. The monoisotopic (exact) mass is 352 g/mol. The third-order valence-corrected chi connectivity index (χ3v) is 4.70. The molecular weight excluding hydrogens is 340 g/mol. The number of amides is 1. The quantitative estimate of drug-likeness (QED) is 0.665. The standard InChI is InChI=1S/C19H13ClN2OS/c20-16-7-5-15(11-21)18(10-16)22-19(23)12-24-17-8-6-13-3-1-2-4-14(13)9-17/h1-10H,12H2,(H,22,23). The lowest BCUT2D eigenvalue weighted by Crippen LogP contribution is -2.14. The van der Waals surface area contributed by atoms with Crippen molar-refractivity contribution in [3.63, 3.8) is 0 Å². The molecule has 0 heterocycles. The minimum absolute atomic E-state index is 0.174. The van der Waals surface area contributed by atoms with Gasteiger partial charge in [-0.2, -0.15) is 5.26 Å². The van der Waals surface area contributed by atoms with Gasteiger partial charge in [-0.15, -0.1) is 11.8 Å². The van der Waals surface area contributed by atoms with E-state index in [1.165, 1.54) is 17.1 Å². The summed E-state index contributed by atoms with van der Waals surface area (Å²) in [5.74, 6) is 0.0855. The van der Waals surface area contributed by atoms with Crippen molar-refractivity contribution in [3.05, 3.63) is 71.2 Å². The Labute approximate surface area is 149 Å². The molecule has 0 fully saturated rings. The van der Waals surface area contributed by atoms with Gasteiger partial charge < -0.3 is 5.32 Å². The average Bonchev–Trinajstić information content (AvgIpc) is 2.60. The predicted octanol–water partition coefficient (Wildman–Crippen LogP) is 5.10. The van der Waals surface area contributed by atoms with E-state index in [9.17, 15) is 4.79 Å². The van der Waals surface area contributed by atoms with Crippen molar-refractivity contribution in [2.75, 3.05) is 11.1 Å². The summed E-state index contributed by atoms with van der Waals surface area (Å²) in [5.41, 5.74) is 0.831. The molecule has 0 aliphatic rings. The largest absolute Gasteiger partial charge is 0.324 e. The Morgan fingerprint density at radius 2 is 1.88 bits per heavy atom. The number of benzene rings is 3. The van der Waals surface area contributed by atoms with E-state index in [0.29, 0.717) is 16.3 Å². The van der Waals surface area contributed by atoms with Crippen LogP contribution in [0.15, 0.2) is 65.6 Å². The Morgan fingerprint density at radius 1 is 1.08 bits per heavy atom. The van der Waals surface area contributed by atoms with Gasteiger partial charge in [0.15, 0.2) is 0 Å². The highest BCUT2D eigenvalue weighted by atomic mass is 35.5. The molecule has 3 rings (SSSR count). The Hall–Kier alpha value is -2.48. The summed E-state index contributed by atoms with van der Waals surface area (Å²) in [4.78, 5) is 13.2. The van der Waals surface area contributed by atoms with Crippen molar-refractivity contribution in [1.29, 1.82) is 5.26 Å². The number of rotatable bonds is 4. The molecule has 24 heavy (non-hydrogen) atoms. The van der Waals surface area contributed by atoms with E-state index >= 15 is 0 Å². The Morgan fingerprint density at radius 3 is 2.67 bits per heavy atom. The molecule has 0 saturated carbocycles. The highest BCUT2D eigenvalue weighted by Crippen LogP contribution is 2.25. The van der Waals surface area contributed by atoms with Crippen LogP contribution in [0.4, 0.5) is 5.69 Å². The molecule has 0 bridgehead atoms. The molecule has 5 heteroatoms. The lowest BCUT2D eigenvalue weighted by atomic mass is 10.1. The third kappa shape index (κ3) is 3.88. The molecule has 0 aliphatic heterocycles. The fraction of sp³-hybridized carbons (Fsp3) is 0.0526. The van der Waals surface area contributed by atoms with Gasteiger partial charge in [-0.3, -0.25) is 4.79 Å². The molecule has 3 aromatic rings. The van der Waals surface area contributed by atoms with Crippen LogP contribution >= 0.6 is 23.4 Å². The van der Waals surface area contributed by atoms with Crippen molar-refractivity contribution < 1.29 is 4.79 Å². The Bertz CT molecular complexity index is 949. The molecule has 3 aromatic carbocycles. The number of nitrogens with zero attached hydrogens (tertiary/aromatic N) is 1. The number of hydrogen-bond acceptors (Lipinski definition) is 3. The lowest BCUT2D eigenvalue weighted by molar-refractivity contribution is -0.113. The van der Waals surface area contributed by atoms with Gasteiger partial charge in [0.05, 0.1) is 17.0 Å². The zero-order valence-electron chi connectivity index (χ0n) is 12.6. The summed E-state index contributed by atoms with van der Waals surface area (Å²) >= 11 is 7.37. The Balaban J connectivity index is 1.67. The summed E-state index contributed by atoms with van der Waals surface area (Å²) in [5, 5.41) is 14.6. The maximum Gasteiger partial charge on any atom is 0.234 e. The number of nitriles is 1.